The Hall–Kier alpha value is -1.96. The SMILES string of the molecule is COc1ccc(-c2ccc(S(=O)(=O)NCC3CCOCC3)cc2C)cc1F. The summed E-state index contributed by atoms with van der Waals surface area (Å²) in [6.07, 6.45) is 1.73. The van der Waals surface area contributed by atoms with Crippen molar-refractivity contribution in [3.05, 3.63) is 47.8 Å². The highest BCUT2D eigenvalue weighted by Gasteiger charge is 2.20. The van der Waals surface area contributed by atoms with E-state index in [1.807, 2.05) is 6.92 Å². The third-order valence-electron chi connectivity index (χ3n) is 4.87. The summed E-state index contributed by atoms with van der Waals surface area (Å²) in [5.74, 6) is 0.0216. The number of hydrogen-bond acceptors (Lipinski definition) is 4. The molecule has 0 unspecified atom stereocenters. The van der Waals surface area contributed by atoms with Crippen molar-refractivity contribution in [1.29, 1.82) is 0 Å². The predicted octanol–water partition coefficient (Wildman–Crippen LogP) is 3.51. The summed E-state index contributed by atoms with van der Waals surface area (Å²) in [4.78, 5) is 0.213. The lowest BCUT2D eigenvalue weighted by Crippen LogP contribution is -2.32. The lowest BCUT2D eigenvalue weighted by atomic mass is 10.0. The van der Waals surface area contributed by atoms with Crippen LogP contribution >= 0.6 is 0 Å². The van der Waals surface area contributed by atoms with Crippen LogP contribution in [0.5, 0.6) is 5.75 Å². The maximum atomic E-state index is 14.0. The van der Waals surface area contributed by atoms with Crippen molar-refractivity contribution in [1.82, 2.24) is 4.72 Å². The quantitative estimate of drug-likeness (QED) is 0.816. The van der Waals surface area contributed by atoms with E-state index in [9.17, 15) is 12.8 Å². The Bertz CT molecular complexity index is 908. The van der Waals surface area contributed by atoms with Crippen molar-refractivity contribution in [3.63, 3.8) is 0 Å². The third kappa shape index (κ3) is 4.66. The zero-order valence-corrected chi connectivity index (χ0v) is 16.3. The Kier molecular flexibility index (Phi) is 6.14. The van der Waals surface area contributed by atoms with Crippen LogP contribution in [0.4, 0.5) is 4.39 Å². The molecule has 27 heavy (non-hydrogen) atoms. The molecule has 7 heteroatoms. The van der Waals surface area contributed by atoms with Gasteiger partial charge in [-0.1, -0.05) is 12.1 Å². The van der Waals surface area contributed by atoms with Crippen molar-refractivity contribution in [2.75, 3.05) is 26.9 Å². The molecule has 1 N–H and O–H groups in total. The minimum Gasteiger partial charge on any atom is -0.494 e. The highest BCUT2D eigenvalue weighted by atomic mass is 32.2. The number of methoxy groups -OCH3 is 1. The summed E-state index contributed by atoms with van der Waals surface area (Å²) >= 11 is 0. The van der Waals surface area contributed by atoms with Crippen molar-refractivity contribution in [2.45, 2.75) is 24.7 Å². The molecular weight excluding hydrogens is 369 g/mol. The zero-order valence-electron chi connectivity index (χ0n) is 15.5. The second-order valence-electron chi connectivity index (χ2n) is 6.73. The summed E-state index contributed by atoms with van der Waals surface area (Å²) in [5.41, 5.74) is 2.21. The molecule has 1 aliphatic rings. The molecule has 0 aliphatic carbocycles. The van der Waals surface area contributed by atoms with Gasteiger partial charge in [-0.2, -0.15) is 0 Å². The van der Waals surface area contributed by atoms with Crippen LogP contribution in [0.25, 0.3) is 11.1 Å². The Labute approximate surface area is 159 Å². The maximum Gasteiger partial charge on any atom is 0.240 e. The van der Waals surface area contributed by atoms with Crippen molar-refractivity contribution in [3.8, 4) is 16.9 Å². The first-order chi connectivity index (χ1) is 12.9. The molecule has 2 aromatic carbocycles. The molecule has 3 rings (SSSR count). The summed E-state index contributed by atoms with van der Waals surface area (Å²) in [6.45, 7) is 3.59. The third-order valence-corrected chi connectivity index (χ3v) is 6.30. The summed E-state index contributed by atoms with van der Waals surface area (Å²) in [7, 11) is -2.17. The van der Waals surface area contributed by atoms with Crippen LogP contribution in [0.1, 0.15) is 18.4 Å². The molecule has 1 saturated heterocycles. The first-order valence-electron chi connectivity index (χ1n) is 8.92. The van der Waals surface area contributed by atoms with E-state index in [1.54, 1.807) is 30.3 Å². The van der Waals surface area contributed by atoms with Crippen molar-refractivity contribution in [2.24, 2.45) is 5.92 Å². The summed E-state index contributed by atoms with van der Waals surface area (Å²) < 4.78 is 52.1. The van der Waals surface area contributed by atoms with Crippen LogP contribution in [-0.4, -0.2) is 35.3 Å². The molecule has 0 spiro atoms. The second kappa shape index (κ2) is 8.37. The monoisotopic (exact) mass is 393 g/mol. The Morgan fingerprint density at radius 3 is 2.56 bits per heavy atom. The molecule has 0 saturated carbocycles. The number of halogens is 1. The summed E-state index contributed by atoms with van der Waals surface area (Å²) in [6, 6.07) is 9.57. The fourth-order valence-corrected chi connectivity index (χ4v) is 4.42. The number of nitrogens with one attached hydrogen (secondary N) is 1. The lowest BCUT2D eigenvalue weighted by molar-refractivity contribution is 0.0678. The number of aryl methyl sites for hydroxylation is 1. The Balaban J connectivity index is 1.78. The van der Waals surface area contributed by atoms with E-state index < -0.39 is 15.8 Å². The molecule has 1 aliphatic heterocycles. The Morgan fingerprint density at radius 1 is 1.19 bits per heavy atom. The average Bonchev–Trinajstić information content (AvgIpc) is 2.67. The lowest BCUT2D eigenvalue weighted by Gasteiger charge is -2.22. The van der Waals surface area contributed by atoms with Gasteiger partial charge >= 0.3 is 0 Å². The van der Waals surface area contributed by atoms with Gasteiger partial charge in [0.25, 0.3) is 0 Å². The van der Waals surface area contributed by atoms with Gasteiger partial charge in [-0.25, -0.2) is 17.5 Å². The van der Waals surface area contributed by atoms with Crippen LogP contribution in [0.15, 0.2) is 41.3 Å². The first-order valence-corrected chi connectivity index (χ1v) is 10.4. The predicted molar refractivity (Wildman–Crippen MR) is 102 cm³/mol. The van der Waals surface area contributed by atoms with Gasteiger partial charge < -0.3 is 9.47 Å². The molecule has 1 fully saturated rings. The summed E-state index contributed by atoms with van der Waals surface area (Å²) in [5, 5.41) is 0. The number of sulfonamides is 1. The number of hydrogen-bond donors (Lipinski definition) is 1. The minimum atomic E-state index is -3.58. The molecule has 0 amide bonds. The molecule has 5 nitrogen and oxygen atoms in total. The fraction of sp³-hybridized carbons (Fsp3) is 0.400. The van der Waals surface area contributed by atoms with Crippen LogP contribution in [-0.2, 0) is 14.8 Å². The van der Waals surface area contributed by atoms with Gasteiger partial charge in [-0.15, -0.1) is 0 Å². The van der Waals surface area contributed by atoms with Gasteiger partial charge in [0.05, 0.1) is 12.0 Å². The average molecular weight is 393 g/mol. The van der Waals surface area contributed by atoms with E-state index in [2.05, 4.69) is 4.72 Å². The molecular formula is C20H24FNO4S. The molecule has 0 radical (unpaired) electrons. The molecule has 0 atom stereocenters. The van der Waals surface area contributed by atoms with Crippen molar-refractivity contribution < 1.29 is 22.3 Å². The van der Waals surface area contributed by atoms with Crippen LogP contribution < -0.4 is 9.46 Å². The Morgan fingerprint density at radius 2 is 1.93 bits per heavy atom. The van der Waals surface area contributed by atoms with E-state index in [4.69, 9.17) is 9.47 Å². The normalized spacial score (nSPS) is 15.7. The van der Waals surface area contributed by atoms with Gasteiger partial charge in [0, 0.05) is 19.8 Å². The van der Waals surface area contributed by atoms with Gasteiger partial charge in [-0.3, -0.25) is 0 Å². The van der Waals surface area contributed by atoms with E-state index in [-0.39, 0.29) is 10.6 Å². The molecule has 1 heterocycles. The molecule has 146 valence electrons. The minimum absolute atomic E-state index is 0.174. The largest absolute Gasteiger partial charge is 0.494 e. The van der Waals surface area contributed by atoms with E-state index >= 15 is 0 Å². The number of rotatable bonds is 6. The van der Waals surface area contributed by atoms with Gasteiger partial charge in [0.15, 0.2) is 11.6 Å². The van der Waals surface area contributed by atoms with Crippen molar-refractivity contribution >= 4 is 10.0 Å². The van der Waals surface area contributed by atoms with E-state index in [1.165, 1.54) is 13.2 Å². The fourth-order valence-electron chi connectivity index (χ4n) is 3.22. The van der Waals surface area contributed by atoms with Gasteiger partial charge in [-0.05, 0) is 66.6 Å². The van der Waals surface area contributed by atoms with E-state index in [0.717, 1.165) is 24.0 Å². The molecule has 0 aromatic heterocycles. The zero-order chi connectivity index (χ0) is 19.4. The van der Waals surface area contributed by atoms with Gasteiger partial charge in [0.2, 0.25) is 10.0 Å². The highest BCUT2D eigenvalue weighted by Crippen LogP contribution is 2.29. The molecule has 0 bridgehead atoms. The topological polar surface area (TPSA) is 64.6 Å². The second-order valence-corrected chi connectivity index (χ2v) is 8.50. The van der Waals surface area contributed by atoms with Crippen LogP contribution in [0, 0.1) is 18.7 Å². The number of benzene rings is 2. The smallest absolute Gasteiger partial charge is 0.240 e. The number of ether oxygens (including phenoxy) is 2. The molecule has 2 aromatic rings. The van der Waals surface area contributed by atoms with Crippen LogP contribution in [0.3, 0.4) is 0 Å². The van der Waals surface area contributed by atoms with Gasteiger partial charge in [0.1, 0.15) is 0 Å². The van der Waals surface area contributed by atoms with E-state index in [0.29, 0.717) is 31.2 Å². The van der Waals surface area contributed by atoms with Crippen LogP contribution in [0.2, 0.25) is 0 Å². The standard InChI is InChI=1S/C20H24FNO4S/c1-14-11-17(27(23,24)22-13-15-7-9-26-10-8-15)4-5-18(14)16-3-6-20(25-2)19(21)12-16/h3-6,11-12,15,22H,7-10,13H2,1-2H3. The maximum absolute atomic E-state index is 14.0. The highest BCUT2D eigenvalue weighted by molar-refractivity contribution is 7.89. The first kappa shape index (κ1) is 19.8.